The van der Waals surface area contributed by atoms with E-state index in [4.69, 9.17) is 4.74 Å². The SMILES string of the molecule is CCOc1c([N+](=O)[O-])c(O)cc(O)c1[N+](=O)[O-]. The van der Waals surface area contributed by atoms with E-state index in [2.05, 4.69) is 0 Å². The van der Waals surface area contributed by atoms with Crippen molar-refractivity contribution in [2.75, 3.05) is 6.61 Å². The largest absolute Gasteiger partial charge is 0.502 e. The molecule has 0 fully saturated rings. The molecule has 1 rings (SSSR count). The summed E-state index contributed by atoms with van der Waals surface area (Å²) in [6.45, 7) is 1.36. The van der Waals surface area contributed by atoms with Crippen molar-refractivity contribution in [1.82, 2.24) is 0 Å². The number of hydrogen-bond donors (Lipinski definition) is 2. The van der Waals surface area contributed by atoms with E-state index in [1.807, 2.05) is 0 Å². The van der Waals surface area contributed by atoms with E-state index < -0.39 is 38.5 Å². The molecule has 1 aromatic carbocycles. The van der Waals surface area contributed by atoms with Crippen molar-refractivity contribution in [3.8, 4) is 17.2 Å². The van der Waals surface area contributed by atoms with E-state index in [-0.39, 0.29) is 6.61 Å². The lowest BCUT2D eigenvalue weighted by molar-refractivity contribution is -0.397. The van der Waals surface area contributed by atoms with Gasteiger partial charge in [-0.25, -0.2) is 0 Å². The summed E-state index contributed by atoms with van der Waals surface area (Å²) in [5.74, 6) is -2.57. The number of nitrogens with zero attached hydrogens (tertiary/aromatic N) is 2. The molecule has 0 saturated heterocycles. The number of aromatic hydroxyl groups is 2. The molecule has 92 valence electrons. The molecule has 0 spiro atoms. The molecule has 2 N–H and O–H groups in total. The number of phenols is 2. The van der Waals surface area contributed by atoms with Crippen LogP contribution in [0.2, 0.25) is 0 Å². The summed E-state index contributed by atoms with van der Waals surface area (Å²) < 4.78 is 4.75. The van der Waals surface area contributed by atoms with Crippen LogP contribution >= 0.6 is 0 Å². The number of nitro groups is 2. The summed E-state index contributed by atoms with van der Waals surface area (Å²) in [6.07, 6.45) is 0. The van der Waals surface area contributed by atoms with Gasteiger partial charge in [-0.05, 0) is 6.92 Å². The van der Waals surface area contributed by atoms with Crippen molar-refractivity contribution >= 4 is 11.4 Å². The highest BCUT2D eigenvalue weighted by atomic mass is 16.6. The van der Waals surface area contributed by atoms with E-state index in [9.17, 15) is 30.4 Å². The lowest BCUT2D eigenvalue weighted by Gasteiger charge is -2.07. The van der Waals surface area contributed by atoms with Gasteiger partial charge in [0.1, 0.15) is 0 Å². The molecule has 0 unspecified atom stereocenters. The lowest BCUT2D eigenvalue weighted by atomic mass is 10.2. The molecule has 17 heavy (non-hydrogen) atoms. The van der Waals surface area contributed by atoms with Gasteiger partial charge in [0, 0.05) is 6.07 Å². The highest BCUT2D eigenvalue weighted by molar-refractivity contribution is 5.72. The van der Waals surface area contributed by atoms with Crippen LogP contribution in [-0.2, 0) is 0 Å². The first-order valence-electron chi connectivity index (χ1n) is 4.40. The number of benzene rings is 1. The van der Waals surface area contributed by atoms with Crippen LogP contribution in [0.5, 0.6) is 17.2 Å². The second-order valence-corrected chi connectivity index (χ2v) is 2.89. The number of nitro benzene ring substituents is 2. The third-order valence-electron chi connectivity index (χ3n) is 1.84. The molecular weight excluding hydrogens is 236 g/mol. The third kappa shape index (κ3) is 2.17. The van der Waals surface area contributed by atoms with Gasteiger partial charge >= 0.3 is 11.4 Å². The van der Waals surface area contributed by atoms with E-state index in [1.54, 1.807) is 0 Å². The van der Waals surface area contributed by atoms with E-state index in [0.29, 0.717) is 6.07 Å². The maximum absolute atomic E-state index is 10.7. The topological polar surface area (TPSA) is 136 Å². The van der Waals surface area contributed by atoms with Crippen LogP contribution in [0.3, 0.4) is 0 Å². The van der Waals surface area contributed by atoms with Gasteiger partial charge in [-0.2, -0.15) is 0 Å². The fraction of sp³-hybridized carbons (Fsp3) is 0.250. The van der Waals surface area contributed by atoms with Gasteiger partial charge < -0.3 is 14.9 Å². The Morgan fingerprint density at radius 1 is 1.18 bits per heavy atom. The van der Waals surface area contributed by atoms with Crippen LogP contribution in [0, 0.1) is 20.2 Å². The Hall–Kier alpha value is -2.58. The molecule has 0 aliphatic carbocycles. The predicted octanol–water partition coefficient (Wildman–Crippen LogP) is 1.31. The van der Waals surface area contributed by atoms with Gasteiger partial charge in [0.2, 0.25) is 11.5 Å². The Bertz CT molecular complexity index is 447. The number of ether oxygens (including phenoxy) is 1. The first kappa shape index (κ1) is 12.5. The minimum Gasteiger partial charge on any atom is -0.502 e. The number of rotatable bonds is 4. The first-order valence-corrected chi connectivity index (χ1v) is 4.40. The second-order valence-electron chi connectivity index (χ2n) is 2.89. The average Bonchev–Trinajstić information content (AvgIpc) is 2.15. The molecule has 0 heterocycles. The summed E-state index contributed by atoms with van der Waals surface area (Å²) >= 11 is 0. The van der Waals surface area contributed by atoms with Crippen LogP contribution in [0.1, 0.15) is 6.92 Å². The Morgan fingerprint density at radius 2 is 1.59 bits per heavy atom. The Morgan fingerprint density at radius 3 is 1.88 bits per heavy atom. The highest BCUT2D eigenvalue weighted by Crippen LogP contribution is 2.48. The maximum Gasteiger partial charge on any atom is 0.359 e. The monoisotopic (exact) mass is 244 g/mol. The Balaban J connectivity index is 3.64. The Kier molecular flexibility index (Phi) is 3.31. The van der Waals surface area contributed by atoms with Gasteiger partial charge in [0.05, 0.1) is 16.5 Å². The molecular formula is C8H8N2O7. The second kappa shape index (κ2) is 4.51. The van der Waals surface area contributed by atoms with Crippen molar-refractivity contribution in [1.29, 1.82) is 0 Å². The molecule has 0 saturated carbocycles. The molecule has 1 aromatic rings. The summed E-state index contributed by atoms with van der Waals surface area (Å²) in [7, 11) is 0. The van der Waals surface area contributed by atoms with Crippen LogP contribution in [0.15, 0.2) is 6.07 Å². The van der Waals surface area contributed by atoms with Crippen molar-refractivity contribution in [3.05, 3.63) is 26.3 Å². The fourth-order valence-electron chi connectivity index (χ4n) is 1.24. The summed E-state index contributed by atoms with van der Waals surface area (Å²) in [4.78, 5) is 19.3. The maximum atomic E-state index is 10.7. The van der Waals surface area contributed by atoms with Gasteiger partial charge in [-0.1, -0.05) is 0 Å². The smallest absolute Gasteiger partial charge is 0.359 e. The molecule has 0 radical (unpaired) electrons. The van der Waals surface area contributed by atoms with Crippen LogP contribution in [0.4, 0.5) is 11.4 Å². The zero-order valence-electron chi connectivity index (χ0n) is 8.61. The highest BCUT2D eigenvalue weighted by Gasteiger charge is 2.34. The van der Waals surface area contributed by atoms with Crippen LogP contribution in [0.25, 0.3) is 0 Å². The fourth-order valence-corrected chi connectivity index (χ4v) is 1.24. The van der Waals surface area contributed by atoms with Gasteiger partial charge in [-0.3, -0.25) is 20.2 Å². The van der Waals surface area contributed by atoms with Gasteiger partial charge in [0.25, 0.3) is 5.75 Å². The zero-order valence-corrected chi connectivity index (χ0v) is 8.61. The third-order valence-corrected chi connectivity index (χ3v) is 1.84. The van der Waals surface area contributed by atoms with E-state index >= 15 is 0 Å². The Labute approximate surface area is 94.2 Å². The van der Waals surface area contributed by atoms with Gasteiger partial charge in [-0.15, -0.1) is 0 Å². The average molecular weight is 244 g/mol. The number of hydrogen-bond acceptors (Lipinski definition) is 7. The standard InChI is InChI=1S/C8H8N2O7/c1-2-17-8-6(9(13)14)4(11)3-5(12)7(8)10(15)16/h3,11-12H,2H2,1H3. The molecule has 9 heteroatoms. The molecule has 0 atom stereocenters. The molecule has 0 amide bonds. The first-order chi connectivity index (χ1) is 7.90. The summed E-state index contributed by atoms with van der Waals surface area (Å²) in [5, 5.41) is 39.9. The van der Waals surface area contributed by atoms with Crippen molar-refractivity contribution in [3.63, 3.8) is 0 Å². The van der Waals surface area contributed by atoms with Gasteiger partial charge in [0.15, 0.2) is 0 Å². The zero-order chi connectivity index (χ0) is 13.2. The van der Waals surface area contributed by atoms with Crippen molar-refractivity contribution in [2.45, 2.75) is 6.92 Å². The van der Waals surface area contributed by atoms with Crippen LogP contribution < -0.4 is 4.74 Å². The summed E-state index contributed by atoms with van der Waals surface area (Å²) in [6, 6.07) is 0.527. The van der Waals surface area contributed by atoms with Crippen LogP contribution in [-0.4, -0.2) is 26.7 Å². The normalized spacial score (nSPS) is 9.94. The molecule has 0 aromatic heterocycles. The van der Waals surface area contributed by atoms with Crippen molar-refractivity contribution < 1.29 is 24.8 Å². The minimum absolute atomic E-state index is 0.0927. The quantitative estimate of drug-likeness (QED) is 0.601. The lowest BCUT2D eigenvalue weighted by Crippen LogP contribution is -2.02. The molecule has 0 aliphatic heterocycles. The molecule has 0 aliphatic rings. The number of phenolic OH excluding ortho intramolecular Hbond substituents is 2. The van der Waals surface area contributed by atoms with E-state index in [1.165, 1.54) is 6.92 Å². The predicted molar refractivity (Wildman–Crippen MR) is 54.2 cm³/mol. The molecule has 0 bridgehead atoms. The molecule has 9 nitrogen and oxygen atoms in total. The van der Waals surface area contributed by atoms with Crippen molar-refractivity contribution in [2.24, 2.45) is 0 Å². The summed E-state index contributed by atoms with van der Waals surface area (Å²) in [5.41, 5.74) is -1.90. The van der Waals surface area contributed by atoms with E-state index in [0.717, 1.165) is 0 Å². The minimum atomic E-state index is -1.02.